The third-order valence-electron chi connectivity index (χ3n) is 6.18. The van der Waals surface area contributed by atoms with Gasteiger partial charge in [-0.2, -0.15) is 0 Å². The Labute approximate surface area is 280 Å². The van der Waals surface area contributed by atoms with Crippen LogP contribution in [0.1, 0.15) is 32.8 Å². The molecule has 270 valence electrons. The van der Waals surface area contributed by atoms with Crippen LogP contribution in [0.3, 0.4) is 0 Å². The van der Waals surface area contributed by atoms with Gasteiger partial charge in [0.25, 0.3) is 0 Å². The largest absolute Gasteiger partial charge is 0.444 e. The average molecular weight is 672 g/mol. The van der Waals surface area contributed by atoms with Gasteiger partial charge in [-0.15, -0.1) is 0 Å². The molecule has 0 aliphatic carbocycles. The monoisotopic (exact) mass is 671 g/mol. The Bertz CT molecular complexity index is 948. The van der Waals surface area contributed by atoms with Crippen LogP contribution < -0.4 is 11.1 Å². The van der Waals surface area contributed by atoms with Crippen molar-refractivity contribution < 1.29 is 52.2 Å². The van der Waals surface area contributed by atoms with Crippen LogP contribution in [0.25, 0.3) is 0 Å². The van der Waals surface area contributed by atoms with Crippen molar-refractivity contribution in [3.8, 4) is 0 Å². The van der Waals surface area contributed by atoms with Gasteiger partial charge in [0.15, 0.2) is 0 Å². The summed E-state index contributed by atoms with van der Waals surface area (Å²) in [6, 6.07) is 6.39. The van der Waals surface area contributed by atoms with E-state index in [1.165, 1.54) is 4.90 Å². The molecule has 0 aliphatic heterocycles. The van der Waals surface area contributed by atoms with E-state index in [1.807, 2.05) is 6.92 Å². The van der Waals surface area contributed by atoms with Gasteiger partial charge in [-0.05, 0) is 38.0 Å². The molecule has 0 aromatic heterocycles. The number of benzene rings is 1. The molecule has 14 heteroatoms. The number of methoxy groups -OCH3 is 1. The van der Waals surface area contributed by atoms with Crippen LogP contribution in [0.5, 0.6) is 0 Å². The van der Waals surface area contributed by atoms with Gasteiger partial charge in [0, 0.05) is 19.3 Å². The van der Waals surface area contributed by atoms with E-state index < -0.39 is 12.1 Å². The molecule has 0 heterocycles. The minimum atomic E-state index is -0.613. The molecule has 47 heavy (non-hydrogen) atoms. The average Bonchev–Trinajstić information content (AvgIpc) is 3.06. The lowest BCUT2D eigenvalue weighted by Crippen LogP contribution is -2.36. The summed E-state index contributed by atoms with van der Waals surface area (Å²) in [6.45, 7) is 12.6. The smallest absolute Gasteiger partial charge is 0.412 e. The Morgan fingerprint density at radius 2 is 1.28 bits per heavy atom. The number of carbonyl (C=O) groups excluding carboxylic acids is 2. The molecule has 0 fully saturated rings. The van der Waals surface area contributed by atoms with Crippen LogP contribution in [0.4, 0.5) is 10.5 Å². The van der Waals surface area contributed by atoms with Gasteiger partial charge in [-0.3, -0.25) is 9.69 Å². The maximum absolute atomic E-state index is 12.9. The normalized spacial score (nSPS) is 12.2. The number of ether oxygens (including phenoxy) is 9. The van der Waals surface area contributed by atoms with Crippen molar-refractivity contribution in [2.24, 2.45) is 5.73 Å². The van der Waals surface area contributed by atoms with Gasteiger partial charge in [0.05, 0.1) is 98.5 Å². The number of amides is 2. The summed E-state index contributed by atoms with van der Waals surface area (Å²) in [5.74, 6) is -0.279. The number of nitrogens with one attached hydrogen (secondary N) is 1. The van der Waals surface area contributed by atoms with E-state index in [-0.39, 0.29) is 32.4 Å². The zero-order valence-electron chi connectivity index (χ0n) is 28.7. The topological polar surface area (TPSA) is 159 Å². The van der Waals surface area contributed by atoms with Crippen LogP contribution in [0.2, 0.25) is 0 Å². The number of hydrogen-bond acceptors (Lipinski definition) is 12. The van der Waals surface area contributed by atoms with E-state index >= 15 is 0 Å². The maximum atomic E-state index is 12.9. The van der Waals surface area contributed by atoms with Crippen molar-refractivity contribution >= 4 is 17.7 Å². The second-order valence-electron chi connectivity index (χ2n) is 10.4. The molecule has 0 unspecified atom stereocenters. The van der Waals surface area contributed by atoms with Crippen molar-refractivity contribution in [1.29, 1.82) is 0 Å². The lowest BCUT2D eigenvalue weighted by atomic mass is 10.2. The van der Waals surface area contributed by atoms with Gasteiger partial charge in [-0.25, -0.2) is 4.79 Å². The Hall–Kier alpha value is -2.66. The third-order valence-corrected chi connectivity index (χ3v) is 6.18. The summed E-state index contributed by atoms with van der Waals surface area (Å²) >= 11 is 0. The molecule has 0 saturated heterocycles. The fraction of sp³-hybridized carbons (Fsp3) is 0.697. The highest BCUT2D eigenvalue weighted by Gasteiger charge is 2.16. The highest BCUT2D eigenvalue weighted by atomic mass is 16.6. The number of rotatable bonds is 30. The van der Waals surface area contributed by atoms with Crippen LogP contribution in [0, 0.1) is 0 Å². The molecule has 1 aromatic rings. The molecule has 0 saturated carbocycles. The highest BCUT2D eigenvalue weighted by Crippen LogP contribution is 2.12. The fourth-order valence-electron chi connectivity index (χ4n) is 3.63. The molecule has 2 amide bonds. The van der Waals surface area contributed by atoms with Gasteiger partial charge in [-0.1, -0.05) is 30.7 Å². The van der Waals surface area contributed by atoms with E-state index in [9.17, 15) is 9.59 Å². The molecular weight excluding hydrogens is 614 g/mol. The summed E-state index contributed by atoms with van der Waals surface area (Å²) < 4.78 is 49.0. The van der Waals surface area contributed by atoms with E-state index in [0.717, 1.165) is 17.6 Å². The molecule has 0 spiro atoms. The predicted molar refractivity (Wildman–Crippen MR) is 177 cm³/mol. The Morgan fingerprint density at radius 1 is 0.787 bits per heavy atom. The molecule has 14 nitrogen and oxygen atoms in total. The predicted octanol–water partition coefficient (Wildman–Crippen LogP) is 2.99. The van der Waals surface area contributed by atoms with Crippen molar-refractivity contribution in [3.05, 3.63) is 41.5 Å². The van der Waals surface area contributed by atoms with Crippen LogP contribution >= 0.6 is 0 Å². The molecule has 1 aromatic carbocycles. The molecule has 1 rings (SSSR count). The number of allylic oxidation sites excluding steroid dienone is 1. The minimum absolute atomic E-state index is 0.0637. The first-order valence-corrected chi connectivity index (χ1v) is 16.1. The summed E-state index contributed by atoms with van der Waals surface area (Å²) in [6.07, 6.45) is 2.47. The van der Waals surface area contributed by atoms with Crippen LogP contribution in [-0.2, 0) is 54.0 Å². The lowest BCUT2D eigenvalue weighted by Gasteiger charge is -2.22. The number of hydrogen-bond donors (Lipinski definition) is 2. The quantitative estimate of drug-likeness (QED) is 0.0701. The van der Waals surface area contributed by atoms with E-state index in [1.54, 1.807) is 38.3 Å². The maximum Gasteiger partial charge on any atom is 0.412 e. The first-order chi connectivity index (χ1) is 22.9. The highest BCUT2D eigenvalue weighted by molar-refractivity contribution is 5.94. The van der Waals surface area contributed by atoms with E-state index in [0.29, 0.717) is 91.6 Å². The summed E-state index contributed by atoms with van der Waals surface area (Å²) in [4.78, 5) is 26.1. The molecule has 3 N–H and O–H groups in total. The van der Waals surface area contributed by atoms with Gasteiger partial charge in [0.2, 0.25) is 5.91 Å². The zero-order chi connectivity index (χ0) is 34.4. The molecule has 0 bridgehead atoms. The Balaban J connectivity index is 2.20. The van der Waals surface area contributed by atoms with Crippen molar-refractivity contribution in [3.63, 3.8) is 0 Å². The van der Waals surface area contributed by atoms with Crippen LogP contribution in [-0.4, -0.2) is 136 Å². The Kier molecular flexibility index (Phi) is 26.6. The number of nitrogens with two attached hydrogens (primary N) is 1. The standard InChI is InChI=1S/C33H57N3O11/c1-5-6-28(2)25-46-27-36(33(38)47-26-30-7-9-31(10-8-30)35-32(37)29(3)34)11-12-40-15-16-42-19-20-44-23-24-45-22-21-43-18-17-41-14-13-39-4/h6-10,29H,5,11-27,34H2,1-4H3,(H,35,37)/b28-6+/t29-/m0/s1. The summed E-state index contributed by atoms with van der Waals surface area (Å²) in [5, 5.41) is 2.72. The van der Waals surface area contributed by atoms with Gasteiger partial charge >= 0.3 is 6.09 Å². The molecule has 0 radical (unpaired) electrons. The zero-order valence-corrected chi connectivity index (χ0v) is 28.7. The molecule has 1 atom stereocenters. The van der Waals surface area contributed by atoms with Gasteiger partial charge in [0.1, 0.15) is 13.3 Å². The second-order valence-corrected chi connectivity index (χ2v) is 10.4. The molecule has 0 aliphatic rings. The Morgan fingerprint density at radius 3 is 1.74 bits per heavy atom. The summed E-state index contributed by atoms with van der Waals surface area (Å²) in [7, 11) is 1.64. The first-order valence-electron chi connectivity index (χ1n) is 16.1. The van der Waals surface area contributed by atoms with Gasteiger partial charge < -0.3 is 53.7 Å². The number of nitrogens with zero attached hydrogens (tertiary/aromatic N) is 1. The van der Waals surface area contributed by atoms with Crippen LogP contribution in [0.15, 0.2) is 35.9 Å². The number of anilines is 1. The van der Waals surface area contributed by atoms with E-state index in [4.69, 9.17) is 48.4 Å². The summed E-state index contributed by atoms with van der Waals surface area (Å²) in [5.41, 5.74) is 8.05. The minimum Gasteiger partial charge on any atom is -0.444 e. The SMILES string of the molecule is CC/C=C(\C)COCN(CCOCCOCCOCCOCCOCCOCCOC)C(=O)OCc1ccc(NC(=O)[C@H](C)N)cc1. The molecular formula is C33H57N3O11. The second kappa shape index (κ2) is 29.5. The fourth-order valence-corrected chi connectivity index (χ4v) is 3.63. The first kappa shape index (κ1) is 42.4. The third kappa shape index (κ3) is 24.2. The van der Waals surface area contributed by atoms with Crippen molar-refractivity contribution in [2.75, 3.05) is 118 Å². The van der Waals surface area contributed by atoms with Crippen molar-refractivity contribution in [2.45, 2.75) is 39.8 Å². The van der Waals surface area contributed by atoms with E-state index in [2.05, 4.69) is 18.3 Å². The number of carbonyl (C=O) groups is 2. The lowest BCUT2D eigenvalue weighted by molar-refractivity contribution is -0.117. The van der Waals surface area contributed by atoms with Crippen molar-refractivity contribution in [1.82, 2.24) is 4.90 Å².